The van der Waals surface area contributed by atoms with Crippen molar-refractivity contribution in [2.24, 2.45) is 5.92 Å². The molecule has 0 unspecified atom stereocenters. The third-order valence-electron chi connectivity index (χ3n) is 4.31. The van der Waals surface area contributed by atoms with Gasteiger partial charge >= 0.3 is 0 Å². The fourth-order valence-electron chi connectivity index (χ4n) is 2.73. The van der Waals surface area contributed by atoms with E-state index in [1.165, 1.54) is 0 Å². The molecule has 0 aliphatic rings. The lowest BCUT2D eigenvalue weighted by atomic mass is 10.1. The van der Waals surface area contributed by atoms with E-state index in [-0.39, 0.29) is 5.91 Å². The number of benzene rings is 2. The van der Waals surface area contributed by atoms with Gasteiger partial charge in [-0.15, -0.1) is 0 Å². The van der Waals surface area contributed by atoms with Gasteiger partial charge in [-0.1, -0.05) is 26.0 Å². The third-order valence-corrected chi connectivity index (χ3v) is 4.31. The number of nitrogens with one attached hydrogen (secondary N) is 1. The number of imidazole rings is 1. The minimum Gasteiger partial charge on any atom is -0.493 e. The Morgan fingerprint density at radius 1 is 1.18 bits per heavy atom. The Bertz CT molecular complexity index is 921. The summed E-state index contributed by atoms with van der Waals surface area (Å²) in [6.45, 7) is 4.91. The van der Waals surface area contributed by atoms with E-state index in [4.69, 9.17) is 9.47 Å². The van der Waals surface area contributed by atoms with E-state index < -0.39 is 0 Å². The van der Waals surface area contributed by atoms with Crippen molar-refractivity contribution < 1.29 is 14.3 Å². The second-order valence-electron chi connectivity index (χ2n) is 6.84. The van der Waals surface area contributed by atoms with Crippen LogP contribution in [0.5, 0.6) is 11.5 Å². The molecule has 1 aromatic heterocycles. The average molecular weight is 379 g/mol. The highest BCUT2D eigenvalue weighted by Crippen LogP contribution is 2.29. The van der Waals surface area contributed by atoms with E-state index in [0.29, 0.717) is 35.3 Å². The van der Waals surface area contributed by atoms with Crippen LogP contribution in [0.3, 0.4) is 0 Å². The quantitative estimate of drug-likeness (QED) is 0.623. The molecule has 6 heteroatoms. The van der Waals surface area contributed by atoms with Crippen LogP contribution in [0, 0.1) is 5.92 Å². The van der Waals surface area contributed by atoms with Crippen molar-refractivity contribution >= 4 is 11.6 Å². The summed E-state index contributed by atoms with van der Waals surface area (Å²) in [6, 6.07) is 12.8. The molecule has 0 saturated heterocycles. The standard InChI is InChI=1S/C22H25N3O3/c1-16(2)10-13-28-20-9-8-17(14-21(20)27-3)22(26)24-18-6-4-5-7-19(18)25-12-11-23-15-25/h4-9,11-12,14-16H,10,13H2,1-3H3,(H,24,26). The molecule has 0 saturated carbocycles. The third kappa shape index (κ3) is 4.71. The van der Waals surface area contributed by atoms with Gasteiger partial charge < -0.3 is 19.4 Å². The van der Waals surface area contributed by atoms with E-state index in [2.05, 4.69) is 24.1 Å². The summed E-state index contributed by atoms with van der Waals surface area (Å²) >= 11 is 0. The van der Waals surface area contributed by atoms with E-state index in [0.717, 1.165) is 12.1 Å². The maximum absolute atomic E-state index is 12.8. The fourth-order valence-corrected chi connectivity index (χ4v) is 2.73. The van der Waals surface area contributed by atoms with Gasteiger partial charge in [-0.25, -0.2) is 4.98 Å². The molecular formula is C22H25N3O3. The van der Waals surface area contributed by atoms with Crippen molar-refractivity contribution in [3.05, 3.63) is 66.7 Å². The van der Waals surface area contributed by atoms with Crippen LogP contribution in [0.4, 0.5) is 5.69 Å². The molecule has 1 N–H and O–H groups in total. The number of aromatic nitrogens is 2. The Hall–Kier alpha value is -3.28. The van der Waals surface area contributed by atoms with E-state index in [1.54, 1.807) is 37.8 Å². The highest BCUT2D eigenvalue weighted by atomic mass is 16.5. The number of carbonyl (C=O) groups is 1. The zero-order valence-corrected chi connectivity index (χ0v) is 16.4. The Morgan fingerprint density at radius 2 is 2.00 bits per heavy atom. The van der Waals surface area contributed by atoms with E-state index >= 15 is 0 Å². The van der Waals surface area contributed by atoms with Gasteiger partial charge in [0.2, 0.25) is 0 Å². The van der Waals surface area contributed by atoms with Crippen LogP contribution < -0.4 is 14.8 Å². The number of hydrogen-bond donors (Lipinski definition) is 1. The van der Waals surface area contributed by atoms with Gasteiger partial charge in [0, 0.05) is 18.0 Å². The summed E-state index contributed by atoms with van der Waals surface area (Å²) in [4.78, 5) is 16.9. The van der Waals surface area contributed by atoms with Crippen LogP contribution in [0.2, 0.25) is 0 Å². The topological polar surface area (TPSA) is 65.4 Å². The van der Waals surface area contributed by atoms with Crippen LogP contribution in [0.25, 0.3) is 5.69 Å². The predicted octanol–water partition coefficient (Wildman–Crippen LogP) is 4.56. The van der Waals surface area contributed by atoms with Crippen molar-refractivity contribution in [3.63, 3.8) is 0 Å². The number of anilines is 1. The Balaban J connectivity index is 1.77. The first-order chi connectivity index (χ1) is 13.6. The molecule has 1 amide bonds. The SMILES string of the molecule is COc1cc(C(=O)Nc2ccccc2-n2ccnc2)ccc1OCCC(C)C. The van der Waals surface area contributed by atoms with Gasteiger partial charge in [0.25, 0.3) is 5.91 Å². The molecule has 0 radical (unpaired) electrons. The number of amides is 1. The largest absolute Gasteiger partial charge is 0.493 e. The number of carbonyl (C=O) groups excluding carboxylic acids is 1. The van der Waals surface area contributed by atoms with Crippen LogP contribution in [0.15, 0.2) is 61.2 Å². The summed E-state index contributed by atoms with van der Waals surface area (Å²) in [6.07, 6.45) is 6.17. The molecule has 0 fully saturated rings. The molecule has 0 bridgehead atoms. The van der Waals surface area contributed by atoms with Gasteiger partial charge in [-0.3, -0.25) is 4.79 Å². The zero-order chi connectivity index (χ0) is 19.9. The molecule has 0 spiro atoms. The first kappa shape index (κ1) is 19.5. The molecule has 1 heterocycles. The van der Waals surface area contributed by atoms with Crippen LogP contribution in [-0.4, -0.2) is 29.2 Å². The second kappa shape index (κ2) is 9.08. The molecule has 146 valence electrons. The molecule has 0 aliphatic heterocycles. The molecule has 6 nitrogen and oxygen atoms in total. The number of hydrogen-bond acceptors (Lipinski definition) is 4. The zero-order valence-electron chi connectivity index (χ0n) is 16.4. The minimum absolute atomic E-state index is 0.223. The lowest BCUT2D eigenvalue weighted by molar-refractivity contribution is 0.102. The number of para-hydroxylation sites is 2. The maximum atomic E-state index is 12.8. The van der Waals surface area contributed by atoms with Crippen LogP contribution >= 0.6 is 0 Å². The van der Waals surface area contributed by atoms with E-state index in [1.807, 2.05) is 35.0 Å². The van der Waals surface area contributed by atoms with Crippen molar-refractivity contribution in [2.75, 3.05) is 19.0 Å². The maximum Gasteiger partial charge on any atom is 0.255 e. The van der Waals surface area contributed by atoms with Crippen molar-refractivity contribution in [2.45, 2.75) is 20.3 Å². The number of ether oxygens (including phenoxy) is 2. The minimum atomic E-state index is -0.223. The van der Waals surface area contributed by atoms with Crippen LogP contribution in [0.1, 0.15) is 30.6 Å². The van der Waals surface area contributed by atoms with Crippen molar-refractivity contribution in [1.82, 2.24) is 9.55 Å². The lowest BCUT2D eigenvalue weighted by Crippen LogP contribution is -2.14. The highest BCUT2D eigenvalue weighted by molar-refractivity contribution is 6.05. The highest BCUT2D eigenvalue weighted by Gasteiger charge is 2.13. The Labute approximate surface area is 165 Å². The molecule has 0 atom stereocenters. The molecule has 3 rings (SSSR count). The number of rotatable bonds is 8. The average Bonchev–Trinajstić information content (AvgIpc) is 3.23. The molecule has 28 heavy (non-hydrogen) atoms. The summed E-state index contributed by atoms with van der Waals surface area (Å²) in [5.74, 6) is 1.52. The molecule has 2 aromatic carbocycles. The molecule has 0 aliphatic carbocycles. The van der Waals surface area contributed by atoms with Gasteiger partial charge in [0.1, 0.15) is 0 Å². The Kier molecular flexibility index (Phi) is 6.32. The summed E-state index contributed by atoms with van der Waals surface area (Å²) in [7, 11) is 1.57. The van der Waals surface area contributed by atoms with Crippen molar-refractivity contribution in [1.29, 1.82) is 0 Å². The first-order valence-corrected chi connectivity index (χ1v) is 9.28. The lowest BCUT2D eigenvalue weighted by Gasteiger charge is -2.14. The van der Waals surface area contributed by atoms with Gasteiger partial charge in [0.05, 0.1) is 31.4 Å². The van der Waals surface area contributed by atoms with Gasteiger partial charge in [-0.05, 0) is 42.7 Å². The van der Waals surface area contributed by atoms with Crippen molar-refractivity contribution in [3.8, 4) is 17.2 Å². The summed E-state index contributed by atoms with van der Waals surface area (Å²) < 4.78 is 13.1. The second-order valence-corrected chi connectivity index (χ2v) is 6.84. The van der Waals surface area contributed by atoms with Gasteiger partial charge in [-0.2, -0.15) is 0 Å². The monoisotopic (exact) mass is 379 g/mol. The van der Waals surface area contributed by atoms with E-state index in [9.17, 15) is 4.79 Å². The summed E-state index contributed by atoms with van der Waals surface area (Å²) in [5.41, 5.74) is 2.03. The molecular weight excluding hydrogens is 354 g/mol. The smallest absolute Gasteiger partial charge is 0.255 e. The normalized spacial score (nSPS) is 10.7. The first-order valence-electron chi connectivity index (χ1n) is 9.28. The fraction of sp³-hybridized carbons (Fsp3) is 0.273. The number of nitrogens with zero attached hydrogens (tertiary/aromatic N) is 2. The summed E-state index contributed by atoms with van der Waals surface area (Å²) in [5, 5.41) is 2.96. The Morgan fingerprint density at radius 3 is 2.71 bits per heavy atom. The van der Waals surface area contributed by atoms with Crippen LogP contribution in [-0.2, 0) is 0 Å². The predicted molar refractivity (Wildman–Crippen MR) is 109 cm³/mol. The molecule has 3 aromatic rings. The van der Waals surface area contributed by atoms with Gasteiger partial charge in [0.15, 0.2) is 11.5 Å². The number of methoxy groups -OCH3 is 1.